The first kappa shape index (κ1) is 11.6. The highest BCUT2D eigenvalue weighted by Crippen LogP contribution is 2.23. The van der Waals surface area contributed by atoms with Crippen molar-refractivity contribution >= 4 is 17.2 Å². The van der Waals surface area contributed by atoms with Crippen LogP contribution >= 0.6 is 11.3 Å². The molecule has 0 aliphatic heterocycles. The molecule has 4 heteroatoms. The van der Waals surface area contributed by atoms with Gasteiger partial charge in [0, 0.05) is 30.0 Å². The molecule has 16 heavy (non-hydrogen) atoms. The molecule has 1 aliphatic carbocycles. The zero-order chi connectivity index (χ0) is 11.2. The second kappa shape index (κ2) is 5.99. The molecule has 0 aromatic carbocycles. The maximum absolute atomic E-state index is 11.8. The summed E-state index contributed by atoms with van der Waals surface area (Å²) >= 11 is 1.65. The highest BCUT2D eigenvalue weighted by Gasteiger charge is 2.20. The van der Waals surface area contributed by atoms with Gasteiger partial charge >= 0.3 is 0 Å². The van der Waals surface area contributed by atoms with Crippen LogP contribution in [0.25, 0.3) is 0 Å². The number of aromatic nitrogens is 1. The molecule has 1 aromatic heterocycles. The molecule has 1 N–H and O–H groups in total. The maximum Gasteiger partial charge on any atom is 0.223 e. The van der Waals surface area contributed by atoms with E-state index in [2.05, 4.69) is 10.3 Å². The molecule has 1 saturated carbocycles. The lowest BCUT2D eigenvalue weighted by atomic mass is 9.89. The second-order valence-corrected chi connectivity index (χ2v) is 5.31. The summed E-state index contributed by atoms with van der Waals surface area (Å²) < 4.78 is 0. The summed E-state index contributed by atoms with van der Waals surface area (Å²) in [5, 5.41) is 3.03. The van der Waals surface area contributed by atoms with Crippen molar-refractivity contribution < 1.29 is 4.79 Å². The van der Waals surface area contributed by atoms with E-state index < -0.39 is 0 Å². The number of rotatable bonds is 4. The largest absolute Gasteiger partial charge is 0.356 e. The molecule has 0 spiro atoms. The molecule has 1 fully saturated rings. The molecule has 1 aromatic rings. The zero-order valence-electron chi connectivity index (χ0n) is 9.45. The predicted octanol–water partition coefficient (Wildman–Crippen LogP) is 2.38. The van der Waals surface area contributed by atoms with Crippen LogP contribution in [-0.2, 0) is 11.2 Å². The minimum Gasteiger partial charge on any atom is -0.356 e. The molecule has 0 bridgehead atoms. The number of amides is 1. The number of hydrogen-bond donors (Lipinski definition) is 1. The van der Waals surface area contributed by atoms with Crippen LogP contribution in [0.1, 0.15) is 37.0 Å². The van der Waals surface area contributed by atoms with Crippen LogP contribution in [0.3, 0.4) is 0 Å². The zero-order valence-corrected chi connectivity index (χ0v) is 10.3. The molecule has 0 unspecified atom stereocenters. The van der Waals surface area contributed by atoms with E-state index in [-0.39, 0.29) is 11.8 Å². The van der Waals surface area contributed by atoms with Gasteiger partial charge in [0.1, 0.15) is 0 Å². The third-order valence-corrected chi connectivity index (χ3v) is 3.97. The number of nitrogens with zero attached hydrogens (tertiary/aromatic N) is 1. The van der Waals surface area contributed by atoms with Crippen molar-refractivity contribution in [2.75, 3.05) is 6.54 Å². The summed E-state index contributed by atoms with van der Waals surface area (Å²) in [7, 11) is 0. The molecule has 88 valence electrons. The van der Waals surface area contributed by atoms with Gasteiger partial charge in [0.05, 0.1) is 5.51 Å². The quantitative estimate of drug-likeness (QED) is 0.875. The van der Waals surface area contributed by atoms with Crippen molar-refractivity contribution in [3.8, 4) is 0 Å². The van der Waals surface area contributed by atoms with E-state index >= 15 is 0 Å². The third-order valence-electron chi connectivity index (χ3n) is 3.13. The Hall–Kier alpha value is -0.900. The van der Waals surface area contributed by atoms with E-state index in [0.717, 1.165) is 25.8 Å². The highest BCUT2D eigenvalue weighted by molar-refractivity contribution is 7.09. The molecular weight excluding hydrogens is 220 g/mol. The van der Waals surface area contributed by atoms with Crippen molar-refractivity contribution in [2.45, 2.75) is 38.5 Å². The fourth-order valence-corrected chi connectivity index (χ4v) is 2.78. The van der Waals surface area contributed by atoms with Gasteiger partial charge in [-0.15, -0.1) is 11.3 Å². The number of carbonyl (C=O) groups is 1. The van der Waals surface area contributed by atoms with Gasteiger partial charge in [-0.2, -0.15) is 0 Å². The SMILES string of the molecule is O=C(NCCc1cncs1)C1CCCCC1. The fourth-order valence-electron chi connectivity index (χ4n) is 2.18. The number of carbonyl (C=O) groups excluding carboxylic acids is 1. The smallest absolute Gasteiger partial charge is 0.223 e. The monoisotopic (exact) mass is 238 g/mol. The lowest BCUT2D eigenvalue weighted by Gasteiger charge is -2.20. The van der Waals surface area contributed by atoms with Crippen molar-refractivity contribution in [3.63, 3.8) is 0 Å². The molecule has 2 rings (SSSR count). The van der Waals surface area contributed by atoms with Gasteiger partial charge in [-0.25, -0.2) is 0 Å². The molecule has 0 radical (unpaired) electrons. The van der Waals surface area contributed by atoms with Gasteiger partial charge in [-0.05, 0) is 12.8 Å². The molecule has 3 nitrogen and oxygen atoms in total. The van der Waals surface area contributed by atoms with E-state index in [4.69, 9.17) is 0 Å². The Morgan fingerprint density at radius 1 is 1.44 bits per heavy atom. The third kappa shape index (κ3) is 3.30. The van der Waals surface area contributed by atoms with Crippen molar-refractivity contribution in [1.82, 2.24) is 10.3 Å². The molecule has 0 saturated heterocycles. The van der Waals surface area contributed by atoms with E-state index in [9.17, 15) is 4.79 Å². The lowest BCUT2D eigenvalue weighted by molar-refractivity contribution is -0.125. The average molecular weight is 238 g/mol. The summed E-state index contributed by atoms with van der Waals surface area (Å²) in [6, 6.07) is 0. The van der Waals surface area contributed by atoms with E-state index in [1.54, 1.807) is 11.3 Å². The normalized spacial score (nSPS) is 17.2. The van der Waals surface area contributed by atoms with Gasteiger partial charge in [-0.3, -0.25) is 9.78 Å². The Kier molecular flexibility index (Phi) is 4.34. The van der Waals surface area contributed by atoms with E-state index in [1.807, 2.05) is 11.7 Å². The van der Waals surface area contributed by atoms with Gasteiger partial charge in [0.2, 0.25) is 5.91 Å². The van der Waals surface area contributed by atoms with Crippen molar-refractivity contribution in [2.24, 2.45) is 5.92 Å². The first-order valence-electron chi connectivity index (χ1n) is 6.01. The maximum atomic E-state index is 11.8. The topological polar surface area (TPSA) is 42.0 Å². The first-order chi connectivity index (χ1) is 7.86. The Balaban J connectivity index is 1.67. The van der Waals surface area contributed by atoms with Gasteiger partial charge in [-0.1, -0.05) is 19.3 Å². The minimum absolute atomic E-state index is 0.254. The van der Waals surface area contributed by atoms with Crippen molar-refractivity contribution in [1.29, 1.82) is 0 Å². The van der Waals surface area contributed by atoms with Gasteiger partial charge in [0.15, 0.2) is 0 Å². The van der Waals surface area contributed by atoms with Crippen LogP contribution in [0.5, 0.6) is 0 Å². The summed E-state index contributed by atoms with van der Waals surface area (Å²) in [6.45, 7) is 0.748. The van der Waals surface area contributed by atoms with Gasteiger partial charge in [0.25, 0.3) is 0 Å². The van der Waals surface area contributed by atoms with Crippen molar-refractivity contribution in [3.05, 3.63) is 16.6 Å². The van der Waals surface area contributed by atoms with E-state index in [1.165, 1.54) is 24.1 Å². The fraction of sp³-hybridized carbons (Fsp3) is 0.667. The number of nitrogens with one attached hydrogen (secondary N) is 1. The predicted molar refractivity (Wildman–Crippen MR) is 65.4 cm³/mol. The molecular formula is C12H18N2OS. The average Bonchev–Trinajstić information content (AvgIpc) is 2.83. The van der Waals surface area contributed by atoms with E-state index in [0.29, 0.717) is 0 Å². The molecule has 0 atom stereocenters. The van der Waals surface area contributed by atoms with Gasteiger partial charge < -0.3 is 5.32 Å². The molecule has 1 heterocycles. The standard InChI is InChI=1S/C12H18N2OS/c15-12(10-4-2-1-3-5-10)14-7-6-11-8-13-9-16-11/h8-10H,1-7H2,(H,14,15). The van der Waals surface area contributed by atoms with Crippen LogP contribution in [-0.4, -0.2) is 17.4 Å². The Morgan fingerprint density at radius 3 is 2.94 bits per heavy atom. The second-order valence-electron chi connectivity index (χ2n) is 4.34. The summed E-state index contributed by atoms with van der Waals surface area (Å²) in [5.41, 5.74) is 1.83. The van der Waals surface area contributed by atoms with Crippen LogP contribution in [0.15, 0.2) is 11.7 Å². The number of hydrogen-bond acceptors (Lipinski definition) is 3. The summed E-state index contributed by atoms with van der Waals surface area (Å²) in [4.78, 5) is 17.1. The Bertz CT molecular complexity index is 318. The van der Waals surface area contributed by atoms with Crippen LogP contribution in [0.4, 0.5) is 0 Å². The molecule has 1 amide bonds. The Labute approximate surface area is 100 Å². The summed E-state index contributed by atoms with van der Waals surface area (Å²) in [6.07, 6.45) is 8.66. The minimum atomic E-state index is 0.254. The first-order valence-corrected chi connectivity index (χ1v) is 6.89. The van der Waals surface area contributed by atoms with Crippen LogP contribution in [0, 0.1) is 5.92 Å². The highest BCUT2D eigenvalue weighted by atomic mass is 32.1. The lowest BCUT2D eigenvalue weighted by Crippen LogP contribution is -2.33. The van der Waals surface area contributed by atoms with Crippen LogP contribution in [0.2, 0.25) is 0 Å². The summed E-state index contributed by atoms with van der Waals surface area (Å²) in [5.74, 6) is 0.527. The molecule has 1 aliphatic rings. The van der Waals surface area contributed by atoms with Crippen LogP contribution < -0.4 is 5.32 Å². The Morgan fingerprint density at radius 2 is 2.25 bits per heavy atom. The number of thiazole rings is 1.